The Balaban J connectivity index is 2.46. The van der Waals surface area contributed by atoms with Gasteiger partial charge in [0.25, 0.3) is 0 Å². The summed E-state index contributed by atoms with van der Waals surface area (Å²) < 4.78 is 1.56. The second-order valence-corrected chi connectivity index (χ2v) is 4.50. The largest absolute Gasteiger partial charge is 0.395 e. The first-order valence-corrected chi connectivity index (χ1v) is 6.17. The lowest BCUT2D eigenvalue weighted by Crippen LogP contribution is -2.31. The zero-order chi connectivity index (χ0) is 13.3. The van der Waals surface area contributed by atoms with Crippen molar-refractivity contribution < 1.29 is 10.0 Å². The van der Waals surface area contributed by atoms with Gasteiger partial charge in [-0.1, -0.05) is 6.92 Å². The van der Waals surface area contributed by atoms with Crippen molar-refractivity contribution in [1.82, 2.24) is 9.78 Å². The van der Waals surface area contributed by atoms with Gasteiger partial charge in [0.1, 0.15) is 5.69 Å². The van der Waals surface area contributed by atoms with Gasteiger partial charge in [0, 0.05) is 19.6 Å². The van der Waals surface area contributed by atoms with Crippen LogP contribution in [0.1, 0.15) is 25.5 Å². The Labute approximate surface area is 105 Å². The zero-order valence-electron chi connectivity index (χ0n) is 10.7. The Hall–Kier alpha value is -1.63. The van der Waals surface area contributed by atoms with Crippen LogP contribution in [-0.2, 0) is 13.5 Å². The van der Waals surface area contributed by atoms with Crippen molar-refractivity contribution in [3.8, 4) is 0 Å². The van der Waals surface area contributed by atoms with Gasteiger partial charge in [0.05, 0.1) is 11.5 Å². The van der Waals surface area contributed by atoms with Crippen LogP contribution in [0.4, 0.5) is 11.5 Å². The standard InChI is InChI=1S/C11H18N4O3/c1-3-9-10(15(17)18)11(13(2)12-9)14(6-7-16)8-4-5-8/h8,16H,3-7H2,1-2H3. The highest BCUT2D eigenvalue weighted by Crippen LogP contribution is 2.38. The molecular formula is C11H18N4O3. The number of nitrogens with zero attached hydrogens (tertiary/aromatic N) is 4. The van der Waals surface area contributed by atoms with E-state index in [0.717, 1.165) is 12.8 Å². The van der Waals surface area contributed by atoms with E-state index < -0.39 is 0 Å². The summed E-state index contributed by atoms with van der Waals surface area (Å²) in [6, 6.07) is 0.302. The highest BCUT2D eigenvalue weighted by atomic mass is 16.6. The molecule has 0 aromatic carbocycles. The number of anilines is 1. The minimum atomic E-state index is -0.367. The SMILES string of the molecule is CCc1nn(C)c(N(CCO)C2CC2)c1[N+](=O)[O-]. The summed E-state index contributed by atoms with van der Waals surface area (Å²) in [6.45, 7) is 2.25. The Bertz CT molecular complexity index is 453. The van der Waals surface area contributed by atoms with Crippen LogP contribution < -0.4 is 4.90 Å². The minimum absolute atomic E-state index is 0.0136. The number of aliphatic hydroxyl groups excluding tert-OH is 1. The topological polar surface area (TPSA) is 84.4 Å². The molecule has 0 bridgehead atoms. The molecule has 0 spiro atoms. The van der Waals surface area contributed by atoms with E-state index in [0.29, 0.717) is 30.5 Å². The fourth-order valence-electron chi connectivity index (χ4n) is 2.26. The lowest BCUT2D eigenvalue weighted by molar-refractivity contribution is -0.384. The monoisotopic (exact) mass is 254 g/mol. The van der Waals surface area contributed by atoms with E-state index in [1.54, 1.807) is 11.7 Å². The van der Waals surface area contributed by atoms with E-state index >= 15 is 0 Å². The minimum Gasteiger partial charge on any atom is -0.395 e. The van der Waals surface area contributed by atoms with Gasteiger partial charge >= 0.3 is 5.69 Å². The maximum atomic E-state index is 11.2. The predicted octanol–water partition coefficient (Wildman–Crippen LogP) is 0.852. The summed E-state index contributed by atoms with van der Waals surface area (Å²) in [5.41, 5.74) is 0.585. The second kappa shape index (κ2) is 4.93. The van der Waals surface area contributed by atoms with E-state index in [1.807, 2.05) is 11.8 Å². The Morgan fingerprint density at radius 2 is 2.28 bits per heavy atom. The molecule has 1 aromatic rings. The fraction of sp³-hybridized carbons (Fsp3) is 0.727. The average molecular weight is 254 g/mol. The van der Waals surface area contributed by atoms with Crippen LogP contribution in [0, 0.1) is 10.1 Å². The van der Waals surface area contributed by atoms with Crippen molar-refractivity contribution in [3.05, 3.63) is 15.8 Å². The summed E-state index contributed by atoms with van der Waals surface area (Å²) in [5, 5.41) is 24.6. The molecule has 1 aliphatic rings. The van der Waals surface area contributed by atoms with Crippen molar-refractivity contribution in [2.24, 2.45) is 7.05 Å². The summed E-state index contributed by atoms with van der Waals surface area (Å²) >= 11 is 0. The lowest BCUT2D eigenvalue weighted by atomic mass is 10.2. The number of rotatable bonds is 6. The summed E-state index contributed by atoms with van der Waals surface area (Å²) in [6.07, 6.45) is 2.56. The van der Waals surface area contributed by atoms with Gasteiger partial charge in [0.2, 0.25) is 5.82 Å². The highest BCUT2D eigenvalue weighted by Gasteiger charge is 2.37. The third kappa shape index (κ3) is 2.17. The molecule has 0 atom stereocenters. The lowest BCUT2D eigenvalue weighted by Gasteiger charge is -2.22. The molecule has 0 aliphatic heterocycles. The van der Waals surface area contributed by atoms with Crippen LogP contribution in [0.3, 0.4) is 0 Å². The number of aromatic nitrogens is 2. The van der Waals surface area contributed by atoms with Crippen LogP contribution in [0.2, 0.25) is 0 Å². The van der Waals surface area contributed by atoms with Crippen molar-refractivity contribution in [1.29, 1.82) is 0 Å². The molecule has 2 rings (SSSR count). The van der Waals surface area contributed by atoms with Crippen molar-refractivity contribution in [2.75, 3.05) is 18.1 Å². The smallest absolute Gasteiger partial charge is 0.334 e. The Morgan fingerprint density at radius 3 is 2.72 bits per heavy atom. The van der Waals surface area contributed by atoms with Gasteiger partial charge in [-0.25, -0.2) is 4.68 Å². The normalized spacial score (nSPS) is 14.8. The molecule has 0 unspecified atom stereocenters. The van der Waals surface area contributed by atoms with Crippen LogP contribution in [0.15, 0.2) is 0 Å². The molecule has 0 amide bonds. The third-order valence-electron chi connectivity index (χ3n) is 3.18. The molecule has 1 N–H and O–H groups in total. The molecule has 7 heteroatoms. The van der Waals surface area contributed by atoms with Gasteiger partial charge in [-0.2, -0.15) is 5.10 Å². The van der Waals surface area contributed by atoms with Crippen molar-refractivity contribution >= 4 is 11.5 Å². The first kappa shape index (κ1) is 12.8. The molecule has 1 fully saturated rings. The second-order valence-electron chi connectivity index (χ2n) is 4.50. The predicted molar refractivity (Wildman–Crippen MR) is 66.7 cm³/mol. The Kier molecular flexibility index (Phi) is 3.51. The van der Waals surface area contributed by atoms with Gasteiger partial charge in [-0.3, -0.25) is 10.1 Å². The number of hydrogen-bond donors (Lipinski definition) is 1. The average Bonchev–Trinajstić information content (AvgIpc) is 3.09. The first-order valence-electron chi connectivity index (χ1n) is 6.17. The number of hydrogen-bond acceptors (Lipinski definition) is 5. The third-order valence-corrected chi connectivity index (χ3v) is 3.18. The van der Waals surface area contributed by atoms with Crippen molar-refractivity contribution in [2.45, 2.75) is 32.2 Å². The molecule has 1 aromatic heterocycles. The number of nitro groups is 1. The van der Waals surface area contributed by atoms with E-state index in [1.165, 1.54) is 0 Å². The molecule has 18 heavy (non-hydrogen) atoms. The van der Waals surface area contributed by atoms with Crippen LogP contribution >= 0.6 is 0 Å². The summed E-state index contributed by atoms with van der Waals surface area (Å²) in [4.78, 5) is 12.8. The van der Waals surface area contributed by atoms with Gasteiger partial charge in [-0.15, -0.1) is 0 Å². The molecule has 0 radical (unpaired) electrons. The molecule has 1 heterocycles. The van der Waals surface area contributed by atoms with Gasteiger partial charge in [-0.05, 0) is 19.3 Å². The van der Waals surface area contributed by atoms with Crippen LogP contribution in [-0.4, -0.2) is 39.0 Å². The van der Waals surface area contributed by atoms with Crippen LogP contribution in [0.5, 0.6) is 0 Å². The van der Waals surface area contributed by atoms with Crippen LogP contribution in [0.25, 0.3) is 0 Å². The highest BCUT2D eigenvalue weighted by molar-refractivity contribution is 5.62. The molecule has 1 aliphatic carbocycles. The van der Waals surface area contributed by atoms with E-state index in [4.69, 9.17) is 5.11 Å². The molecule has 1 saturated carbocycles. The summed E-state index contributed by atoms with van der Waals surface area (Å²) in [5.74, 6) is 0.522. The Morgan fingerprint density at radius 1 is 1.61 bits per heavy atom. The van der Waals surface area contributed by atoms with E-state index in [-0.39, 0.29) is 17.2 Å². The quantitative estimate of drug-likeness (QED) is 0.601. The molecule has 7 nitrogen and oxygen atoms in total. The molecule has 0 saturated heterocycles. The molecular weight excluding hydrogens is 236 g/mol. The fourth-order valence-corrected chi connectivity index (χ4v) is 2.26. The number of aliphatic hydroxyl groups is 1. The maximum Gasteiger partial charge on any atom is 0.334 e. The van der Waals surface area contributed by atoms with E-state index in [2.05, 4.69) is 5.10 Å². The van der Waals surface area contributed by atoms with Gasteiger partial charge < -0.3 is 10.0 Å². The van der Waals surface area contributed by atoms with Crippen molar-refractivity contribution in [3.63, 3.8) is 0 Å². The zero-order valence-corrected chi connectivity index (χ0v) is 10.7. The summed E-state index contributed by atoms with van der Waals surface area (Å²) in [7, 11) is 1.72. The number of aryl methyl sites for hydroxylation is 2. The van der Waals surface area contributed by atoms with Gasteiger partial charge in [0.15, 0.2) is 0 Å². The molecule has 100 valence electrons. The first-order chi connectivity index (χ1) is 8.60. The van der Waals surface area contributed by atoms with E-state index in [9.17, 15) is 10.1 Å². The maximum absolute atomic E-state index is 11.2.